The van der Waals surface area contributed by atoms with Gasteiger partial charge < -0.3 is 10.2 Å². The van der Waals surface area contributed by atoms with Gasteiger partial charge in [0.15, 0.2) is 0 Å². The van der Waals surface area contributed by atoms with Crippen molar-refractivity contribution in [1.29, 1.82) is 0 Å². The van der Waals surface area contributed by atoms with E-state index >= 15 is 0 Å². The number of pyridine rings is 1. The number of hydrogen-bond acceptors (Lipinski definition) is 4. The second kappa shape index (κ2) is 9.93. The van der Waals surface area contributed by atoms with Crippen LogP contribution in [0.15, 0.2) is 35.0 Å². The minimum absolute atomic E-state index is 0.0374. The van der Waals surface area contributed by atoms with Crippen molar-refractivity contribution in [3.05, 3.63) is 35.5 Å². The molecule has 2 amide bonds. The lowest BCUT2D eigenvalue weighted by atomic mass is 9.97. The van der Waals surface area contributed by atoms with Crippen LogP contribution in [0.5, 0.6) is 0 Å². The average Bonchev–Trinajstić information content (AvgIpc) is 3.23. The van der Waals surface area contributed by atoms with Gasteiger partial charge in [-0.15, -0.1) is 0 Å². The summed E-state index contributed by atoms with van der Waals surface area (Å²) in [6, 6.07) is 3.65. The molecule has 1 saturated heterocycles. The van der Waals surface area contributed by atoms with Gasteiger partial charge in [0.05, 0.1) is 15.8 Å². The fourth-order valence-electron chi connectivity index (χ4n) is 3.54. The first-order valence-electron chi connectivity index (χ1n) is 10.0. The van der Waals surface area contributed by atoms with Crippen molar-refractivity contribution < 1.29 is 9.59 Å². The van der Waals surface area contributed by atoms with Crippen LogP contribution in [0.3, 0.4) is 0 Å². The van der Waals surface area contributed by atoms with E-state index in [2.05, 4.69) is 16.4 Å². The summed E-state index contributed by atoms with van der Waals surface area (Å²) in [5, 5.41) is 3.59. The molecule has 3 rings (SSSR count). The Balaban J connectivity index is 1.43. The minimum atomic E-state index is -0.210. The van der Waals surface area contributed by atoms with Gasteiger partial charge in [0.25, 0.3) is 5.91 Å². The molecule has 0 radical (unpaired) electrons. The van der Waals surface area contributed by atoms with Crippen molar-refractivity contribution in [2.45, 2.75) is 62.1 Å². The Bertz CT molecular complexity index is 681. The minimum Gasteiger partial charge on any atom is -0.355 e. The maximum Gasteiger partial charge on any atom is 0.255 e. The third-order valence-electron chi connectivity index (χ3n) is 5.17. The van der Waals surface area contributed by atoms with E-state index in [4.69, 9.17) is 0 Å². The molecule has 2 aliphatic rings. The van der Waals surface area contributed by atoms with E-state index in [0.29, 0.717) is 12.1 Å². The zero-order valence-corrected chi connectivity index (χ0v) is 16.9. The molecule has 0 aromatic carbocycles. The second-order valence-corrected chi connectivity index (χ2v) is 8.65. The first-order valence-corrected chi connectivity index (χ1v) is 10.9. The van der Waals surface area contributed by atoms with Crippen LogP contribution < -0.4 is 5.32 Å². The molecular formula is C21H29N3O2S. The molecule has 1 aromatic rings. The van der Waals surface area contributed by atoms with Crippen molar-refractivity contribution in [2.75, 3.05) is 19.6 Å². The molecule has 0 saturated carbocycles. The lowest BCUT2D eigenvalue weighted by Crippen LogP contribution is -2.32. The van der Waals surface area contributed by atoms with Crippen molar-refractivity contribution >= 4 is 23.6 Å². The van der Waals surface area contributed by atoms with Crippen LogP contribution in [-0.2, 0) is 4.79 Å². The zero-order chi connectivity index (χ0) is 19.1. The highest BCUT2D eigenvalue weighted by Gasteiger charge is 2.20. The highest BCUT2D eigenvalue weighted by molar-refractivity contribution is 8.00. The Morgan fingerprint density at radius 3 is 2.70 bits per heavy atom. The molecule has 0 bridgehead atoms. The van der Waals surface area contributed by atoms with Crippen molar-refractivity contribution in [3.8, 4) is 0 Å². The number of allylic oxidation sites excluding steroid dienone is 1. The first kappa shape index (κ1) is 19.9. The molecule has 2 heterocycles. The van der Waals surface area contributed by atoms with Gasteiger partial charge >= 0.3 is 0 Å². The Morgan fingerprint density at radius 1 is 1.22 bits per heavy atom. The lowest BCUT2D eigenvalue weighted by Gasteiger charge is -2.16. The van der Waals surface area contributed by atoms with E-state index in [1.165, 1.54) is 43.0 Å². The number of carbonyl (C=O) groups excluding carboxylic acids is 2. The van der Waals surface area contributed by atoms with Crippen LogP contribution >= 0.6 is 11.8 Å². The van der Waals surface area contributed by atoms with Crippen LogP contribution in [0.25, 0.3) is 0 Å². The summed E-state index contributed by atoms with van der Waals surface area (Å²) in [6.07, 6.45) is 12.0. The molecule has 27 heavy (non-hydrogen) atoms. The Morgan fingerprint density at radius 2 is 2.04 bits per heavy atom. The summed E-state index contributed by atoms with van der Waals surface area (Å²) in [4.78, 5) is 30.9. The molecule has 1 unspecified atom stereocenters. The molecule has 1 N–H and O–H groups in total. The second-order valence-electron chi connectivity index (χ2n) is 7.29. The zero-order valence-electron chi connectivity index (χ0n) is 16.1. The van der Waals surface area contributed by atoms with Gasteiger partial charge in [-0.05, 0) is 64.0 Å². The standard InChI is InChI=1S/C21H29N3O2S/c1-16(20(25)22-12-11-17-7-3-2-4-8-17)27-19-10-9-18(15-23-19)21(26)24-13-5-6-14-24/h7,9-10,15-16H,2-6,8,11-14H2,1H3,(H,22,25). The Kier molecular flexibility index (Phi) is 7.33. The van der Waals surface area contributed by atoms with Crippen LogP contribution in [0.2, 0.25) is 0 Å². The maximum atomic E-state index is 12.3. The van der Waals surface area contributed by atoms with Crippen LogP contribution in [0.1, 0.15) is 62.2 Å². The molecule has 1 fully saturated rings. The summed E-state index contributed by atoms with van der Waals surface area (Å²) in [5.41, 5.74) is 2.10. The number of carbonyl (C=O) groups is 2. The summed E-state index contributed by atoms with van der Waals surface area (Å²) >= 11 is 1.43. The van der Waals surface area contributed by atoms with E-state index in [1.807, 2.05) is 24.0 Å². The predicted octanol–water partition coefficient (Wildman–Crippen LogP) is 3.80. The monoisotopic (exact) mass is 387 g/mol. The molecule has 5 nitrogen and oxygen atoms in total. The molecule has 1 aliphatic heterocycles. The van der Waals surface area contributed by atoms with Crippen LogP contribution in [0.4, 0.5) is 0 Å². The summed E-state index contributed by atoms with van der Waals surface area (Å²) in [7, 11) is 0. The average molecular weight is 388 g/mol. The number of amides is 2. The normalized spacial score (nSPS) is 18.1. The quantitative estimate of drug-likeness (QED) is 0.571. The van der Waals surface area contributed by atoms with Gasteiger partial charge in [0.1, 0.15) is 0 Å². The number of rotatable bonds is 7. The van der Waals surface area contributed by atoms with Gasteiger partial charge in [-0.2, -0.15) is 0 Å². The smallest absolute Gasteiger partial charge is 0.255 e. The van der Waals surface area contributed by atoms with Gasteiger partial charge in [0.2, 0.25) is 5.91 Å². The van der Waals surface area contributed by atoms with Gasteiger partial charge in [0, 0.05) is 25.8 Å². The third-order valence-corrected chi connectivity index (χ3v) is 6.22. The molecule has 146 valence electrons. The molecule has 6 heteroatoms. The largest absolute Gasteiger partial charge is 0.355 e. The van der Waals surface area contributed by atoms with Gasteiger partial charge in [-0.25, -0.2) is 4.98 Å². The number of thioether (sulfide) groups is 1. The van der Waals surface area contributed by atoms with Gasteiger partial charge in [-0.3, -0.25) is 9.59 Å². The fraction of sp³-hybridized carbons (Fsp3) is 0.571. The summed E-state index contributed by atoms with van der Waals surface area (Å²) in [6.45, 7) is 4.27. The van der Waals surface area contributed by atoms with E-state index in [1.54, 1.807) is 6.20 Å². The first-order chi connectivity index (χ1) is 13.1. The highest BCUT2D eigenvalue weighted by Crippen LogP contribution is 2.23. The maximum absolute atomic E-state index is 12.3. The Labute approximate surface area is 166 Å². The molecule has 0 spiro atoms. The van der Waals surface area contributed by atoms with Crippen molar-refractivity contribution in [1.82, 2.24) is 15.2 Å². The molecule has 1 atom stereocenters. The van der Waals surface area contributed by atoms with E-state index < -0.39 is 0 Å². The van der Waals surface area contributed by atoms with Crippen LogP contribution in [-0.4, -0.2) is 46.6 Å². The number of aromatic nitrogens is 1. The number of nitrogens with one attached hydrogen (secondary N) is 1. The van der Waals surface area contributed by atoms with Gasteiger partial charge in [-0.1, -0.05) is 23.4 Å². The summed E-state index contributed by atoms with van der Waals surface area (Å²) < 4.78 is 0. The number of hydrogen-bond donors (Lipinski definition) is 1. The number of nitrogens with zero attached hydrogens (tertiary/aromatic N) is 2. The van der Waals surface area contributed by atoms with E-state index in [0.717, 1.165) is 37.4 Å². The fourth-order valence-corrected chi connectivity index (χ4v) is 4.35. The van der Waals surface area contributed by atoms with Crippen molar-refractivity contribution in [3.63, 3.8) is 0 Å². The molecule has 1 aromatic heterocycles. The molecule has 1 aliphatic carbocycles. The number of likely N-dealkylation sites (tertiary alicyclic amines) is 1. The predicted molar refractivity (Wildman–Crippen MR) is 109 cm³/mol. The van der Waals surface area contributed by atoms with E-state index in [-0.39, 0.29) is 17.1 Å². The third kappa shape index (κ3) is 5.83. The van der Waals surface area contributed by atoms with Crippen LogP contribution in [0, 0.1) is 0 Å². The lowest BCUT2D eigenvalue weighted by molar-refractivity contribution is -0.120. The Hall–Kier alpha value is -1.82. The highest BCUT2D eigenvalue weighted by atomic mass is 32.2. The molecular weight excluding hydrogens is 358 g/mol. The topological polar surface area (TPSA) is 62.3 Å². The SMILES string of the molecule is CC(Sc1ccc(C(=O)N2CCCC2)cn1)C(=O)NCCC1=CCCCC1. The van der Waals surface area contributed by atoms with E-state index in [9.17, 15) is 9.59 Å². The summed E-state index contributed by atoms with van der Waals surface area (Å²) in [5.74, 6) is 0.0924. The van der Waals surface area contributed by atoms with Crippen molar-refractivity contribution in [2.24, 2.45) is 0 Å².